The normalized spacial score (nSPS) is 9.67. The predicted octanol–water partition coefficient (Wildman–Crippen LogP) is 2.25. The van der Waals surface area contributed by atoms with Gasteiger partial charge >= 0.3 is 0 Å². The number of benzene rings is 1. The van der Waals surface area contributed by atoms with Crippen LogP contribution in [0.25, 0.3) is 0 Å². The van der Waals surface area contributed by atoms with Gasteiger partial charge in [-0.3, -0.25) is 14.6 Å². The highest BCUT2D eigenvalue weighted by molar-refractivity contribution is 5.93. The van der Waals surface area contributed by atoms with Crippen molar-refractivity contribution in [3.63, 3.8) is 0 Å². The van der Waals surface area contributed by atoms with E-state index in [4.69, 9.17) is 4.84 Å². The molecule has 0 N–H and O–H groups in total. The van der Waals surface area contributed by atoms with E-state index in [2.05, 4.69) is 16.8 Å². The van der Waals surface area contributed by atoms with Gasteiger partial charge in [-0.25, -0.2) is 9.45 Å². The minimum Gasteiger partial charge on any atom is -0.274 e. The standard InChI is InChI=1S/C16H13FN2O2/c1-19(21-2)16(20)14-8-13(10-18-11-14)7-6-12-4-3-5-15(17)9-12/h3-5,8-11H,1-2H3. The van der Waals surface area contributed by atoms with Crippen molar-refractivity contribution in [2.24, 2.45) is 0 Å². The molecule has 1 amide bonds. The molecule has 21 heavy (non-hydrogen) atoms. The van der Waals surface area contributed by atoms with E-state index >= 15 is 0 Å². The summed E-state index contributed by atoms with van der Waals surface area (Å²) in [7, 11) is 2.91. The maximum Gasteiger partial charge on any atom is 0.278 e. The molecule has 2 rings (SSSR count). The monoisotopic (exact) mass is 284 g/mol. The first kappa shape index (κ1) is 14.7. The van der Waals surface area contributed by atoms with Gasteiger partial charge in [0.25, 0.3) is 5.91 Å². The summed E-state index contributed by atoms with van der Waals surface area (Å²) in [5.74, 6) is 5.01. The van der Waals surface area contributed by atoms with E-state index in [0.29, 0.717) is 16.7 Å². The van der Waals surface area contributed by atoms with Gasteiger partial charge in [-0.15, -0.1) is 0 Å². The molecule has 1 aromatic carbocycles. The van der Waals surface area contributed by atoms with Crippen LogP contribution in [-0.2, 0) is 4.84 Å². The smallest absolute Gasteiger partial charge is 0.274 e. The molecule has 0 unspecified atom stereocenters. The van der Waals surface area contributed by atoms with Gasteiger partial charge in [0.05, 0.1) is 12.7 Å². The van der Waals surface area contributed by atoms with E-state index in [1.807, 2.05) is 0 Å². The van der Waals surface area contributed by atoms with Gasteiger partial charge in [0.1, 0.15) is 5.82 Å². The lowest BCUT2D eigenvalue weighted by atomic mass is 10.1. The van der Waals surface area contributed by atoms with Crippen molar-refractivity contribution in [1.82, 2.24) is 10.0 Å². The number of carbonyl (C=O) groups excluding carboxylic acids is 1. The van der Waals surface area contributed by atoms with Gasteiger partial charge < -0.3 is 0 Å². The Hall–Kier alpha value is -2.71. The summed E-state index contributed by atoms with van der Waals surface area (Å²) in [6.45, 7) is 0. The number of halogens is 1. The largest absolute Gasteiger partial charge is 0.278 e. The van der Waals surface area contributed by atoms with E-state index < -0.39 is 0 Å². The number of hydroxylamine groups is 2. The van der Waals surface area contributed by atoms with Gasteiger partial charge in [-0.2, -0.15) is 0 Å². The van der Waals surface area contributed by atoms with Crippen LogP contribution in [0.4, 0.5) is 4.39 Å². The summed E-state index contributed by atoms with van der Waals surface area (Å²) in [6, 6.07) is 7.60. The molecule has 4 nitrogen and oxygen atoms in total. The number of hydrogen-bond acceptors (Lipinski definition) is 3. The van der Waals surface area contributed by atoms with Crippen molar-refractivity contribution >= 4 is 5.91 Å². The number of amides is 1. The SMILES string of the molecule is CON(C)C(=O)c1cncc(C#Cc2cccc(F)c2)c1. The lowest BCUT2D eigenvalue weighted by Crippen LogP contribution is -2.25. The summed E-state index contributed by atoms with van der Waals surface area (Å²) < 4.78 is 13.0. The number of carbonyl (C=O) groups is 1. The third-order valence-corrected chi connectivity index (χ3v) is 2.72. The van der Waals surface area contributed by atoms with Gasteiger partial charge in [-0.1, -0.05) is 17.9 Å². The number of pyridine rings is 1. The molecule has 1 heterocycles. The van der Waals surface area contributed by atoms with Gasteiger partial charge in [0.15, 0.2) is 0 Å². The van der Waals surface area contributed by atoms with Crippen molar-refractivity contribution in [2.45, 2.75) is 0 Å². The third-order valence-electron chi connectivity index (χ3n) is 2.72. The van der Waals surface area contributed by atoms with Crippen LogP contribution in [0.5, 0.6) is 0 Å². The fraction of sp³-hybridized carbons (Fsp3) is 0.125. The van der Waals surface area contributed by atoms with Crippen LogP contribution in [0, 0.1) is 17.7 Å². The second-order valence-corrected chi connectivity index (χ2v) is 4.21. The van der Waals surface area contributed by atoms with E-state index in [0.717, 1.165) is 5.06 Å². The van der Waals surface area contributed by atoms with Crippen molar-refractivity contribution in [3.8, 4) is 11.8 Å². The zero-order chi connectivity index (χ0) is 15.2. The molecule has 0 spiro atoms. The Kier molecular flexibility index (Phi) is 4.64. The van der Waals surface area contributed by atoms with Crippen molar-refractivity contribution < 1.29 is 14.0 Å². The zero-order valence-electron chi connectivity index (χ0n) is 11.6. The van der Waals surface area contributed by atoms with Crippen LogP contribution in [0.2, 0.25) is 0 Å². The molecule has 0 saturated heterocycles. The van der Waals surface area contributed by atoms with Crippen LogP contribution in [-0.4, -0.2) is 30.1 Å². The second-order valence-electron chi connectivity index (χ2n) is 4.21. The Labute approximate surface area is 122 Å². The number of nitrogens with zero attached hydrogens (tertiary/aromatic N) is 2. The molecule has 1 aromatic heterocycles. The molecule has 0 atom stereocenters. The predicted molar refractivity (Wildman–Crippen MR) is 75.7 cm³/mol. The van der Waals surface area contributed by atoms with E-state index in [1.165, 1.54) is 38.7 Å². The van der Waals surface area contributed by atoms with Gasteiger partial charge in [-0.05, 0) is 24.3 Å². The van der Waals surface area contributed by atoms with Crippen molar-refractivity contribution in [3.05, 3.63) is 65.2 Å². The molecule has 0 saturated carbocycles. The Bertz CT molecular complexity index is 719. The maximum absolute atomic E-state index is 13.0. The van der Waals surface area contributed by atoms with Gasteiger partial charge in [0.2, 0.25) is 0 Å². The second kappa shape index (κ2) is 6.64. The van der Waals surface area contributed by atoms with Crippen LogP contribution in [0.15, 0.2) is 42.7 Å². The lowest BCUT2D eigenvalue weighted by Gasteiger charge is -2.13. The van der Waals surface area contributed by atoms with Gasteiger partial charge in [0, 0.05) is 30.6 Å². The summed E-state index contributed by atoms with van der Waals surface area (Å²) in [5.41, 5.74) is 1.49. The Morgan fingerprint density at radius 2 is 2.00 bits per heavy atom. The molecule has 2 aromatic rings. The first-order valence-corrected chi connectivity index (χ1v) is 6.15. The van der Waals surface area contributed by atoms with E-state index in [9.17, 15) is 9.18 Å². The molecule has 0 aliphatic carbocycles. The minimum absolute atomic E-state index is 0.320. The Morgan fingerprint density at radius 3 is 2.71 bits per heavy atom. The molecular formula is C16H13FN2O2. The van der Waals surface area contributed by atoms with Crippen molar-refractivity contribution in [1.29, 1.82) is 0 Å². The fourth-order valence-corrected chi connectivity index (χ4v) is 1.60. The summed E-state index contributed by atoms with van der Waals surface area (Å²) in [5, 5.41) is 1.10. The summed E-state index contributed by atoms with van der Waals surface area (Å²) in [4.78, 5) is 20.7. The molecular weight excluding hydrogens is 271 g/mol. The van der Waals surface area contributed by atoms with Crippen LogP contribution in [0.1, 0.15) is 21.5 Å². The quantitative estimate of drug-likeness (QED) is 0.627. The third kappa shape index (κ3) is 3.88. The molecule has 0 aliphatic rings. The van der Waals surface area contributed by atoms with Crippen LogP contribution >= 0.6 is 0 Å². The average molecular weight is 284 g/mol. The van der Waals surface area contributed by atoms with Crippen LogP contribution < -0.4 is 0 Å². The Balaban J connectivity index is 2.25. The highest BCUT2D eigenvalue weighted by Crippen LogP contribution is 2.06. The first-order valence-electron chi connectivity index (χ1n) is 6.15. The van der Waals surface area contributed by atoms with Crippen molar-refractivity contribution in [2.75, 3.05) is 14.2 Å². The first-order chi connectivity index (χ1) is 10.1. The summed E-state index contributed by atoms with van der Waals surface area (Å²) >= 11 is 0. The molecule has 0 bridgehead atoms. The van der Waals surface area contributed by atoms with E-state index in [-0.39, 0.29) is 11.7 Å². The van der Waals surface area contributed by atoms with Crippen LogP contribution in [0.3, 0.4) is 0 Å². The molecule has 0 radical (unpaired) electrons. The number of aromatic nitrogens is 1. The average Bonchev–Trinajstić information content (AvgIpc) is 2.52. The zero-order valence-corrected chi connectivity index (χ0v) is 11.6. The minimum atomic E-state index is -0.342. The summed E-state index contributed by atoms with van der Waals surface area (Å²) in [6.07, 6.45) is 2.97. The Morgan fingerprint density at radius 1 is 1.24 bits per heavy atom. The fourth-order valence-electron chi connectivity index (χ4n) is 1.60. The molecule has 106 valence electrons. The van der Waals surface area contributed by atoms with E-state index in [1.54, 1.807) is 18.2 Å². The lowest BCUT2D eigenvalue weighted by molar-refractivity contribution is -0.0757. The molecule has 0 aliphatic heterocycles. The number of rotatable bonds is 2. The molecule has 0 fully saturated rings. The highest BCUT2D eigenvalue weighted by Gasteiger charge is 2.11. The maximum atomic E-state index is 13.0. The number of hydrogen-bond donors (Lipinski definition) is 0. The highest BCUT2D eigenvalue weighted by atomic mass is 19.1. The molecule has 5 heteroatoms. The topological polar surface area (TPSA) is 42.4 Å².